The van der Waals surface area contributed by atoms with Gasteiger partial charge >= 0.3 is 6.18 Å². The second-order valence-electron chi connectivity index (χ2n) is 6.69. The Morgan fingerprint density at radius 3 is 2.61 bits per heavy atom. The van der Waals surface area contributed by atoms with Gasteiger partial charge in [0.2, 0.25) is 10.0 Å². The number of rotatable bonds is 7. The number of nitrogens with one attached hydrogen (secondary N) is 2. The van der Waals surface area contributed by atoms with Crippen LogP contribution in [0.15, 0.2) is 42.6 Å². The average Bonchev–Trinajstić information content (AvgIpc) is 2.74. The number of hydrogen-bond acceptors (Lipinski definition) is 6. The van der Waals surface area contributed by atoms with Gasteiger partial charge in [0.1, 0.15) is 5.82 Å². The summed E-state index contributed by atoms with van der Waals surface area (Å²) in [6.07, 6.45) is -3.12. The molecule has 2 aromatic rings. The van der Waals surface area contributed by atoms with Gasteiger partial charge in [0.15, 0.2) is 0 Å². The summed E-state index contributed by atoms with van der Waals surface area (Å²) in [6.45, 7) is 1.06. The van der Waals surface area contributed by atoms with Gasteiger partial charge in [-0.15, -0.1) is 0 Å². The number of aromatic nitrogens is 1. The summed E-state index contributed by atoms with van der Waals surface area (Å²) in [7, 11) is -3.54. The molecule has 1 amide bonds. The van der Waals surface area contributed by atoms with Crippen LogP contribution in [0, 0.1) is 0 Å². The van der Waals surface area contributed by atoms with E-state index in [0.29, 0.717) is 13.2 Å². The molecule has 31 heavy (non-hydrogen) atoms. The van der Waals surface area contributed by atoms with E-state index in [1.165, 1.54) is 34.8 Å². The molecule has 0 saturated carbocycles. The molecule has 0 aliphatic carbocycles. The third kappa shape index (κ3) is 6.15. The van der Waals surface area contributed by atoms with Crippen LogP contribution in [-0.2, 0) is 20.9 Å². The van der Waals surface area contributed by atoms with Crippen LogP contribution in [0.1, 0.15) is 15.9 Å². The summed E-state index contributed by atoms with van der Waals surface area (Å²) in [5, 5.41) is 5.23. The Hall–Kier alpha value is -2.70. The number of carbonyl (C=O) groups excluding carboxylic acids is 1. The number of alkyl halides is 3. The van der Waals surface area contributed by atoms with E-state index in [4.69, 9.17) is 4.74 Å². The minimum atomic E-state index is -4.51. The predicted molar refractivity (Wildman–Crippen MR) is 107 cm³/mol. The SMILES string of the molecule is O=C(NCCS(=O)(=O)N1CCOCC1)c1cccnc1Nc1cccc(C(F)(F)F)c1. The molecule has 8 nitrogen and oxygen atoms in total. The summed E-state index contributed by atoms with van der Waals surface area (Å²) in [6, 6.07) is 7.44. The highest BCUT2D eigenvalue weighted by Crippen LogP contribution is 2.31. The van der Waals surface area contributed by atoms with Crippen molar-refractivity contribution in [2.75, 3.05) is 43.9 Å². The molecule has 1 saturated heterocycles. The number of nitrogens with zero attached hydrogens (tertiary/aromatic N) is 2. The van der Waals surface area contributed by atoms with Crippen LogP contribution in [0.25, 0.3) is 0 Å². The molecular formula is C19H21F3N4O4S. The summed E-state index contributed by atoms with van der Waals surface area (Å²) >= 11 is 0. The first-order chi connectivity index (χ1) is 14.7. The molecule has 12 heteroatoms. The lowest BCUT2D eigenvalue weighted by Gasteiger charge is -2.26. The van der Waals surface area contributed by atoms with Crippen molar-refractivity contribution in [1.82, 2.24) is 14.6 Å². The molecule has 1 aromatic carbocycles. The largest absolute Gasteiger partial charge is 0.416 e. The van der Waals surface area contributed by atoms with Gasteiger partial charge in [-0.25, -0.2) is 13.4 Å². The van der Waals surface area contributed by atoms with Crippen LogP contribution in [0.4, 0.5) is 24.7 Å². The Morgan fingerprint density at radius 1 is 1.16 bits per heavy atom. The zero-order chi connectivity index (χ0) is 22.5. The first-order valence-electron chi connectivity index (χ1n) is 9.40. The summed E-state index contributed by atoms with van der Waals surface area (Å²) in [4.78, 5) is 16.6. The topological polar surface area (TPSA) is 101 Å². The molecule has 0 bridgehead atoms. The summed E-state index contributed by atoms with van der Waals surface area (Å²) in [5.74, 6) is -0.829. The van der Waals surface area contributed by atoms with Crippen molar-refractivity contribution < 1.29 is 31.1 Å². The smallest absolute Gasteiger partial charge is 0.379 e. The van der Waals surface area contributed by atoms with Crippen LogP contribution in [-0.4, -0.2) is 62.2 Å². The Labute approximate surface area is 177 Å². The number of pyridine rings is 1. The second kappa shape index (κ2) is 9.62. The van der Waals surface area contributed by atoms with Crippen LogP contribution >= 0.6 is 0 Å². The summed E-state index contributed by atoms with van der Waals surface area (Å²) in [5.41, 5.74) is -0.658. The standard InChI is InChI=1S/C19H21F3N4O4S/c20-19(21,22)14-3-1-4-15(13-14)25-17-16(5-2-6-23-17)18(27)24-7-12-31(28,29)26-8-10-30-11-9-26/h1-6,13H,7-12H2,(H,23,25)(H,24,27). The van der Waals surface area contributed by atoms with E-state index < -0.39 is 27.7 Å². The van der Waals surface area contributed by atoms with Gasteiger partial charge in [0.25, 0.3) is 5.91 Å². The first-order valence-corrected chi connectivity index (χ1v) is 11.0. The van der Waals surface area contributed by atoms with E-state index in [2.05, 4.69) is 15.6 Å². The van der Waals surface area contributed by atoms with Crippen molar-refractivity contribution in [3.05, 3.63) is 53.7 Å². The highest BCUT2D eigenvalue weighted by Gasteiger charge is 2.30. The van der Waals surface area contributed by atoms with Gasteiger partial charge in [-0.2, -0.15) is 17.5 Å². The van der Waals surface area contributed by atoms with Gasteiger partial charge in [0.05, 0.1) is 30.1 Å². The molecule has 2 heterocycles. The Bertz CT molecular complexity index is 1020. The number of ether oxygens (including phenoxy) is 1. The highest BCUT2D eigenvalue weighted by atomic mass is 32.2. The highest BCUT2D eigenvalue weighted by molar-refractivity contribution is 7.89. The van der Waals surface area contributed by atoms with E-state index in [0.717, 1.165) is 12.1 Å². The molecule has 168 valence electrons. The minimum Gasteiger partial charge on any atom is -0.379 e. The van der Waals surface area contributed by atoms with Gasteiger partial charge in [-0.1, -0.05) is 6.07 Å². The third-order valence-corrected chi connectivity index (χ3v) is 6.39. The molecule has 1 aliphatic rings. The maximum atomic E-state index is 12.9. The van der Waals surface area contributed by atoms with Crippen molar-refractivity contribution in [2.45, 2.75) is 6.18 Å². The Kier molecular flexibility index (Phi) is 7.13. The molecule has 2 N–H and O–H groups in total. The number of halogens is 3. The Morgan fingerprint density at radius 2 is 1.90 bits per heavy atom. The molecule has 3 rings (SSSR count). The fourth-order valence-electron chi connectivity index (χ4n) is 2.94. The quantitative estimate of drug-likeness (QED) is 0.660. The zero-order valence-corrected chi connectivity index (χ0v) is 17.2. The molecule has 1 aromatic heterocycles. The van der Waals surface area contributed by atoms with Crippen LogP contribution in [0.3, 0.4) is 0 Å². The van der Waals surface area contributed by atoms with Gasteiger partial charge in [0, 0.05) is 31.5 Å². The van der Waals surface area contributed by atoms with Gasteiger partial charge in [-0.3, -0.25) is 4.79 Å². The van der Waals surface area contributed by atoms with E-state index >= 15 is 0 Å². The van der Waals surface area contributed by atoms with Gasteiger partial charge in [-0.05, 0) is 30.3 Å². The third-order valence-electron chi connectivity index (χ3n) is 4.51. The lowest BCUT2D eigenvalue weighted by molar-refractivity contribution is -0.137. The Balaban J connectivity index is 1.65. The monoisotopic (exact) mass is 458 g/mol. The lowest BCUT2D eigenvalue weighted by atomic mass is 10.2. The van der Waals surface area contributed by atoms with Crippen LogP contribution in [0.5, 0.6) is 0 Å². The normalized spacial score (nSPS) is 15.5. The number of sulfonamides is 1. The number of morpholine rings is 1. The van der Waals surface area contributed by atoms with Crippen molar-refractivity contribution >= 4 is 27.4 Å². The number of benzene rings is 1. The molecule has 0 radical (unpaired) electrons. The first kappa shape index (κ1) is 23.0. The number of carbonyl (C=O) groups is 1. The number of anilines is 2. The molecular weight excluding hydrogens is 437 g/mol. The predicted octanol–water partition coefficient (Wildman–Crippen LogP) is 2.24. The van der Waals surface area contributed by atoms with E-state index in [-0.39, 0.29) is 42.5 Å². The van der Waals surface area contributed by atoms with Crippen molar-refractivity contribution in [1.29, 1.82) is 0 Å². The molecule has 0 spiro atoms. The maximum Gasteiger partial charge on any atom is 0.416 e. The second-order valence-corrected chi connectivity index (χ2v) is 8.77. The minimum absolute atomic E-state index is 0.0513. The lowest BCUT2D eigenvalue weighted by Crippen LogP contribution is -2.43. The molecule has 0 atom stereocenters. The van der Waals surface area contributed by atoms with Crippen molar-refractivity contribution in [3.63, 3.8) is 0 Å². The van der Waals surface area contributed by atoms with Crippen molar-refractivity contribution in [2.24, 2.45) is 0 Å². The van der Waals surface area contributed by atoms with Crippen LogP contribution in [0.2, 0.25) is 0 Å². The average molecular weight is 458 g/mol. The van der Waals surface area contributed by atoms with E-state index in [1.54, 1.807) is 0 Å². The van der Waals surface area contributed by atoms with Crippen LogP contribution < -0.4 is 10.6 Å². The van der Waals surface area contributed by atoms with Crippen molar-refractivity contribution in [3.8, 4) is 0 Å². The maximum absolute atomic E-state index is 12.9. The molecule has 0 unspecified atom stereocenters. The summed E-state index contributed by atoms with van der Waals surface area (Å²) < 4.78 is 69.9. The molecule has 1 fully saturated rings. The van der Waals surface area contributed by atoms with Gasteiger partial charge < -0.3 is 15.4 Å². The fraction of sp³-hybridized carbons (Fsp3) is 0.368. The zero-order valence-electron chi connectivity index (χ0n) is 16.4. The number of amides is 1. The molecule has 1 aliphatic heterocycles. The van der Waals surface area contributed by atoms with E-state index in [9.17, 15) is 26.4 Å². The number of hydrogen-bond donors (Lipinski definition) is 2. The van der Waals surface area contributed by atoms with E-state index in [1.807, 2.05) is 0 Å². The fourth-order valence-corrected chi connectivity index (χ4v) is 4.26.